The van der Waals surface area contributed by atoms with Gasteiger partial charge in [-0.2, -0.15) is 0 Å². The van der Waals surface area contributed by atoms with Crippen LogP contribution < -0.4 is 35.3 Å². The van der Waals surface area contributed by atoms with Crippen molar-refractivity contribution in [1.29, 1.82) is 0 Å². The van der Waals surface area contributed by atoms with Gasteiger partial charge in [-0.25, -0.2) is 4.98 Å². The Morgan fingerprint density at radius 1 is 1.50 bits per heavy atom. The van der Waals surface area contributed by atoms with Gasteiger partial charge in [-0.3, -0.25) is 0 Å². The smallest absolute Gasteiger partial charge is 1.00 e. The van der Waals surface area contributed by atoms with Crippen molar-refractivity contribution in [1.82, 2.24) is 4.98 Å². The standard InChI is InChI=1S/C7H10N2.Na.H/c1-5-3-4-9-7(8)6(5)2;;/h3-4H,1-2H3,(H2,8,9);;/q;+1;-1. The van der Waals surface area contributed by atoms with Crippen LogP contribution >= 0.6 is 0 Å². The molecular weight excluding hydrogens is 135 g/mol. The molecule has 0 radical (unpaired) electrons. The van der Waals surface area contributed by atoms with Crippen LogP contribution in [0.5, 0.6) is 0 Å². The average molecular weight is 146 g/mol. The molecule has 1 aromatic rings. The number of aromatic nitrogens is 1. The van der Waals surface area contributed by atoms with Gasteiger partial charge in [0, 0.05) is 6.20 Å². The first kappa shape index (κ1) is 9.95. The maximum atomic E-state index is 5.51. The molecule has 3 heteroatoms. The van der Waals surface area contributed by atoms with Crippen molar-refractivity contribution in [3.8, 4) is 0 Å². The average Bonchev–Trinajstić information content (AvgIpc) is 1.83. The van der Waals surface area contributed by atoms with E-state index in [2.05, 4.69) is 4.98 Å². The molecular formula is C7H11N2Na. The number of aryl methyl sites for hydroxylation is 1. The van der Waals surface area contributed by atoms with Gasteiger partial charge in [0.1, 0.15) is 5.82 Å². The van der Waals surface area contributed by atoms with Crippen molar-refractivity contribution in [3.05, 3.63) is 23.4 Å². The van der Waals surface area contributed by atoms with Crippen LogP contribution in [0.25, 0.3) is 0 Å². The minimum atomic E-state index is 0. The summed E-state index contributed by atoms with van der Waals surface area (Å²) in [7, 11) is 0. The SMILES string of the molecule is Cc1ccnc(N)c1C.[H-].[Na+]. The van der Waals surface area contributed by atoms with E-state index in [4.69, 9.17) is 5.73 Å². The van der Waals surface area contributed by atoms with E-state index >= 15 is 0 Å². The molecule has 0 fully saturated rings. The van der Waals surface area contributed by atoms with E-state index in [9.17, 15) is 0 Å². The minimum Gasteiger partial charge on any atom is -1.00 e. The van der Waals surface area contributed by atoms with Crippen LogP contribution in [0.4, 0.5) is 5.82 Å². The molecule has 0 saturated carbocycles. The second-order valence-electron chi connectivity index (χ2n) is 2.14. The van der Waals surface area contributed by atoms with Crippen molar-refractivity contribution < 1.29 is 31.0 Å². The van der Waals surface area contributed by atoms with E-state index < -0.39 is 0 Å². The molecule has 2 N–H and O–H groups in total. The number of nitrogens with two attached hydrogens (primary N) is 1. The number of rotatable bonds is 0. The predicted molar refractivity (Wildman–Crippen MR) is 39.2 cm³/mol. The van der Waals surface area contributed by atoms with Crippen LogP contribution in [0.15, 0.2) is 12.3 Å². The third kappa shape index (κ3) is 1.97. The van der Waals surface area contributed by atoms with Gasteiger partial charge < -0.3 is 7.16 Å². The van der Waals surface area contributed by atoms with Gasteiger partial charge in [-0.05, 0) is 31.0 Å². The van der Waals surface area contributed by atoms with E-state index in [1.165, 1.54) is 5.56 Å². The van der Waals surface area contributed by atoms with Crippen LogP contribution in [0.3, 0.4) is 0 Å². The fraction of sp³-hybridized carbons (Fsp3) is 0.286. The molecule has 0 aliphatic rings. The van der Waals surface area contributed by atoms with Gasteiger partial charge in [0.15, 0.2) is 0 Å². The molecule has 0 spiro atoms. The summed E-state index contributed by atoms with van der Waals surface area (Å²) >= 11 is 0. The summed E-state index contributed by atoms with van der Waals surface area (Å²) in [4.78, 5) is 3.92. The van der Waals surface area contributed by atoms with Crippen LogP contribution in [0.1, 0.15) is 12.6 Å². The summed E-state index contributed by atoms with van der Waals surface area (Å²) in [6.45, 7) is 3.99. The van der Waals surface area contributed by atoms with E-state index in [1.807, 2.05) is 19.9 Å². The van der Waals surface area contributed by atoms with Crippen molar-refractivity contribution in [2.45, 2.75) is 13.8 Å². The molecule has 50 valence electrons. The Morgan fingerprint density at radius 3 is 2.50 bits per heavy atom. The molecule has 0 unspecified atom stereocenters. The normalized spacial score (nSPS) is 8.60. The molecule has 1 rings (SSSR count). The van der Waals surface area contributed by atoms with Crippen LogP contribution in [0, 0.1) is 13.8 Å². The molecule has 0 aromatic carbocycles. The van der Waals surface area contributed by atoms with Crippen molar-refractivity contribution in [2.24, 2.45) is 0 Å². The fourth-order valence-corrected chi connectivity index (χ4v) is 0.653. The number of hydrogen-bond acceptors (Lipinski definition) is 2. The number of hydrogen-bond donors (Lipinski definition) is 1. The third-order valence-corrected chi connectivity index (χ3v) is 1.51. The van der Waals surface area contributed by atoms with Crippen LogP contribution in [-0.4, -0.2) is 4.98 Å². The molecule has 1 heterocycles. The maximum absolute atomic E-state index is 5.51. The molecule has 0 aliphatic heterocycles. The second kappa shape index (κ2) is 3.96. The largest absolute Gasteiger partial charge is 1.00 e. The summed E-state index contributed by atoms with van der Waals surface area (Å²) in [5.41, 5.74) is 7.79. The van der Waals surface area contributed by atoms with Crippen LogP contribution in [-0.2, 0) is 0 Å². The van der Waals surface area contributed by atoms with Gasteiger partial charge in [0.2, 0.25) is 0 Å². The first-order valence-electron chi connectivity index (χ1n) is 2.89. The molecule has 10 heavy (non-hydrogen) atoms. The Kier molecular flexibility index (Phi) is 3.94. The van der Waals surface area contributed by atoms with Crippen molar-refractivity contribution in [3.63, 3.8) is 0 Å². The van der Waals surface area contributed by atoms with Gasteiger partial charge >= 0.3 is 29.6 Å². The van der Waals surface area contributed by atoms with Crippen molar-refractivity contribution in [2.75, 3.05) is 5.73 Å². The molecule has 0 bridgehead atoms. The second-order valence-corrected chi connectivity index (χ2v) is 2.14. The zero-order valence-electron chi connectivity index (χ0n) is 7.68. The Hall–Kier alpha value is -0.0500. The van der Waals surface area contributed by atoms with Gasteiger partial charge in [0.05, 0.1) is 0 Å². The van der Waals surface area contributed by atoms with E-state index in [-0.39, 0.29) is 31.0 Å². The van der Waals surface area contributed by atoms with Crippen molar-refractivity contribution >= 4 is 5.82 Å². The predicted octanol–water partition coefficient (Wildman–Crippen LogP) is -1.60. The Labute approximate surface area is 84.6 Å². The maximum Gasteiger partial charge on any atom is 1.00 e. The van der Waals surface area contributed by atoms with Gasteiger partial charge in [0.25, 0.3) is 0 Å². The topological polar surface area (TPSA) is 38.9 Å². The zero-order valence-corrected chi connectivity index (χ0v) is 8.68. The summed E-state index contributed by atoms with van der Waals surface area (Å²) in [5, 5.41) is 0. The minimum absolute atomic E-state index is 0. The number of pyridine rings is 1. The van der Waals surface area contributed by atoms with Crippen LogP contribution in [0.2, 0.25) is 0 Å². The molecule has 2 nitrogen and oxygen atoms in total. The molecule has 1 aromatic heterocycles. The van der Waals surface area contributed by atoms with E-state index in [1.54, 1.807) is 6.20 Å². The monoisotopic (exact) mass is 146 g/mol. The summed E-state index contributed by atoms with van der Waals surface area (Å²) in [6, 6.07) is 1.95. The van der Waals surface area contributed by atoms with Gasteiger partial charge in [-0.1, -0.05) is 0 Å². The number of anilines is 1. The molecule has 0 atom stereocenters. The Morgan fingerprint density at radius 2 is 2.10 bits per heavy atom. The van der Waals surface area contributed by atoms with E-state index in [0.717, 1.165) is 5.56 Å². The first-order valence-corrected chi connectivity index (χ1v) is 2.89. The zero-order chi connectivity index (χ0) is 6.85. The van der Waals surface area contributed by atoms with E-state index in [0.29, 0.717) is 5.82 Å². The van der Waals surface area contributed by atoms with Gasteiger partial charge in [-0.15, -0.1) is 0 Å². The Balaban J connectivity index is 0. The summed E-state index contributed by atoms with van der Waals surface area (Å²) in [6.07, 6.45) is 1.72. The number of nitrogen functional groups attached to an aromatic ring is 1. The summed E-state index contributed by atoms with van der Waals surface area (Å²) < 4.78 is 0. The molecule has 0 aliphatic carbocycles. The fourth-order valence-electron chi connectivity index (χ4n) is 0.653. The first-order chi connectivity index (χ1) is 4.22. The third-order valence-electron chi connectivity index (χ3n) is 1.51. The molecule has 0 saturated heterocycles. The Bertz CT molecular complexity index is 207. The summed E-state index contributed by atoms with van der Waals surface area (Å²) in [5.74, 6) is 0.634. The number of nitrogens with zero attached hydrogens (tertiary/aromatic N) is 1. The molecule has 0 amide bonds. The quantitative estimate of drug-likeness (QED) is 0.448.